The van der Waals surface area contributed by atoms with Crippen LogP contribution in [0.2, 0.25) is 0 Å². The number of phenols is 1. The number of hydrogen-bond acceptors (Lipinski definition) is 4. The van der Waals surface area contributed by atoms with Crippen LogP contribution < -0.4 is 0 Å². The van der Waals surface area contributed by atoms with Crippen molar-refractivity contribution in [2.24, 2.45) is 5.92 Å². The first kappa shape index (κ1) is 16.3. The fraction of sp³-hybridized carbons (Fsp3) is 0.647. The van der Waals surface area contributed by atoms with Gasteiger partial charge in [0.2, 0.25) is 0 Å². The van der Waals surface area contributed by atoms with Crippen molar-refractivity contribution in [1.82, 2.24) is 9.80 Å². The van der Waals surface area contributed by atoms with Gasteiger partial charge in [0, 0.05) is 50.9 Å². The van der Waals surface area contributed by atoms with Crippen molar-refractivity contribution >= 4 is 0 Å². The van der Waals surface area contributed by atoms with Gasteiger partial charge >= 0.3 is 0 Å². The van der Waals surface area contributed by atoms with Crippen LogP contribution in [0.3, 0.4) is 0 Å². The normalized spacial score (nSPS) is 21.0. The van der Waals surface area contributed by atoms with Gasteiger partial charge in [-0.05, 0) is 18.4 Å². The molecule has 2 rings (SSSR count). The Kier molecular flexibility index (Phi) is 6.03. The lowest BCUT2D eigenvalue weighted by Gasteiger charge is -2.42. The number of benzene rings is 1. The van der Waals surface area contributed by atoms with Crippen molar-refractivity contribution in [3.8, 4) is 5.75 Å². The minimum absolute atomic E-state index is 0.240. The molecular formula is C17H28N2O2. The molecule has 1 aliphatic rings. The summed E-state index contributed by atoms with van der Waals surface area (Å²) >= 11 is 0. The summed E-state index contributed by atoms with van der Waals surface area (Å²) < 4.78 is 0. The van der Waals surface area contributed by atoms with Crippen LogP contribution in [0, 0.1) is 5.92 Å². The third-order valence-electron chi connectivity index (χ3n) is 4.14. The molecule has 21 heavy (non-hydrogen) atoms. The highest BCUT2D eigenvalue weighted by molar-refractivity contribution is 5.31. The molecule has 0 radical (unpaired) electrons. The van der Waals surface area contributed by atoms with E-state index >= 15 is 0 Å². The first-order valence-corrected chi connectivity index (χ1v) is 7.94. The molecule has 0 aliphatic carbocycles. The Hall–Kier alpha value is -1.10. The smallest absolute Gasteiger partial charge is 0.120 e. The minimum Gasteiger partial charge on any atom is -0.508 e. The number of aliphatic hydroxyl groups is 1. The molecule has 0 saturated carbocycles. The fourth-order valence-corrected chi connectivity index (χ4v) is 3.12. The van der Waals surface area contributed by atoms with Crippen LogP contribution in [0.25, 0.3) is 0 Å². The molecule has 4 heteroatoms. The molecule has 1 aromatic carbocycles. The summed E-state index contributed by atoms with van der Waals surface area (Å²) in [7, 11) is 0. The molecule has 0 amide bonds. The molecule has 1 heterocycles. The molecular weight excluding hydrogens is 264 g/mol. The molecule has 0 aromatic heterocycles. The summed E-state index contributed by atoms with van der Waals surface area (Å²) in [5, 5.41) is 19.2. The second-order valence-electron chi connectivity index (χ2n) is 6.42. The van der Waals surface area contributed by atoms with Gasteiger partial charge in [0.25, 0.3) is 0 Å². The van der Waals surface area contributed by atoms with Crippen LogP contribution >= 0.6 is 0 Å². The second-order valence-corrected chi connectivity index (χ2v) is 6.42. The van der Waals surface area contributed by atoms with Gasteiger partial charge in [0.05, 0.1) is 0 Å². The molecule has 0 spiro atoms. The number of hydrogen-bond donors (Lipinski definition) is 2. The van der Waals surface area contributed by atoms with E-state index in [9.17, 15) is 10.2 Å². The first-order valence-electron chi connectivity index (χ1n) is 7.94. The van der Waals surface area contributed by atoms with E-state index in [0.717, 1.165) is 44.7 Å². The average molecular weight is 292 g/mol. The van der Waals surface area contributed by atoms with E-state index in [0.29, 0.717) is 17.7 Å². The third kappa shape index (κ3) is 4.70. The number of aliphatic hydroxyl groups excluding tert-OH is 1. The zero-order valence-electron chi connectivity index (χ0n) is 13.2. The zero-order valence-corrected chi connectivity index (χ0v) is 13.2. The molecule has 1 fully saturated rings. The average Bonchev–Trinajstić information content (AvgIpc) is 2.44. The minimum atomic E-state index is 0.240. The lowest BCUT2D eigenvalue weighted by Crippen LogP contribution is -2.53. The summed E-state index contributed by atoms with van der Waals surface area (Å²) in [5.74, 6) is 1.02. The van der Waals surface area contributed by atoms with E-state index in [1.54, 1.807) is 6.07 Å². The molecule has 0 bridgehead atoms. The highest BCUT2D eigenvalue weighted by Crippen LogP contribution is 2.21. The van der Waals surface area contributed by atoms with Gasteiger partial charge < -0.3 is 10.2 Å². The number of para-hydroxylation sites is 1. The Morgan fingerprint density at radius 2 is 2.00 bits per heavy atom. The van der Waals surface area contributed by atoms with Gasteiger partial charge in [0.15, 0.2) is 0 Å². The summed E-state index contributed by atoms with van der Waals surface area (Å²) in [6, 6.07) is 7.97. The third-order valence-corrected chi connectivity index (χ3v) is 4.14. The van der Waals surface area contributed by atoms with Crippen molar-refractivity contribution in [3.05, 3.63) is 29.8 Å². The summed E-state index contributed by atoms with van der Waals surface area (Å²) in [6.45, 7) is 9.61. The van der Waals surface area contributed by atoms with E-state index in [1.807, 2.05) is 18.2 Å². The van der Waals surface area contributed by atoms with Gasteiger partial charge in [-0.1, -0.05) is 32.0 Å². The standard InChI is InChI=1S/C17H28N2O2/c1-14(2)11-19-9-8-18(13-16(19)7-10-20)12-15-5-3-4-6-17(15)21/h3-6,14,16,20-21H,7-13H2,1-2H3. The number of nitrogens with zero attached hydrogens (tertiary/aromatic N) is 2. The topological polar surface area (TPSA) is 46.9 Å². The van der Waals surface area contributed by atoms with Gasteiger partial charge in [-0.3, -0.25) is 9.80 Å². The Morgan fingerprint density at radius 1 is 1.24 bits per heavy atom. The molecule has 1 atom stereocenters. The molecule has 4 nitrogen and oxygen atoms in total. The summed E-state index contributed by atoms with van der Waals surface area (Å²) in [5.41, 5.74) is 0.984. The van der Waals surface area contributed by atoms with Crippen LogP contribution in [0.1, 0.15) is 25.8 Å². The second kappa shape index (κ2) is 7.78. The molecule has 1 unspecified atom stereocenters. The largest absolute Gasteiger partial charge is 0.508 e. The highest BCUT2D eigenvalue weighted by atomic mass is 16.3. The van der Waals surface area contributed by atoms with Gasteiger partial charge in [0.1, 0.15) is 5.75 Å². The maximum Gasteiger partial charge on any atom is 0.120 e. The highest BCUT2D eigenvalue weighted by Gasteiger charge is 2.27. The predicted octanol–water partition coefficient (Wildman–Crippen LogP) is 1.92. The summed E-state index contributed by atoms with van der Waals surface area (Å²) in [6.07, 6.45) is 0.823. The van der Waals surface area contributed by atoms with Crippen LogP contribution in [0.5, 0.6) is 5.75 Å². The molecule has 118 valence electrons. The fourth-order valence-electron chi connectivity index (χ4n) is 3.12. The van der Waals surface area contributed by atoms with Gasteiger partial charge in [-0.2, -0.15) is 0 Å². The van der Waals surface area contributed by atoms with E-state index in [2.05, 4.69) is 23.6 Å². The van der Waals surface area contributed by atoms with Crippen molar-refractivity contribution in [2.45, 2.75) is 32.9 Å². The maximum absolute atomic E-state index is 9.90. The van der Waals surface area contributed by atoms with Crippen molar-refractivity contribution in [3.63, 3.8) is 0 Å². The Bertz CT molecular complexity index is 437. The zero-order chi connectivity index (χ0) is 15.2. The van der Waals surface area contributed by atoms with E-state index in [1.165, 1.54) is 0 Å². The van der Waals surface area contributed by atoms with Crippen molar-refractivity contribution in [1.29, 1.82) is 0 Å². The molecule has 2 N–H and O–H groups in total. The predicted molar refractivity (Wildman–Crippen MR) is 85.3 cm³/mol. The van der Waals surface area contributed by atoms with Crippen molar-refractivity contribution < 1.29 is 10.2 Å². The van der Waals surface area contributed by atoms with E-state index in [-0.39, 0.29) is 6.61 Å². The first-order chi connectivity index (χ1) is 10.1. The van der Waals surface area contributed by atoms with Crippen LogP contribution in [-0.2, 0) is 6.54 Å². The lowest BCUT2D eigenvalue weighted by molar-refractivity contribution is 0.0473. The molecule has 1 aromatic rings. The molecule has 1 saturated heterocycles. The van der Waals surface area contributed by atoms with Crippen molar-refractivity contribution in [2.75, 3.05) is 32.8 Å². The SMILES string of the molecule is CC(C)CN1CCN(Cc2ccccc2O)CC1CCO. The quantitative estimate of drug-likeness (QED) is 0.841. The molecule has 1 aliphatic heterocycles. The lowest BCUT2D eigenvalue weighted by atomic mass is 10.1. The number of aromatic hydroxyl groups is 1. The number of piperazine rings is 1. The number of phenolic OH excluding ortho intramolecular Hbond substituents is 1. The Balaban J connectivity index is 1.96. The van der Waals surface area contributed by atoms with Crippen LogP contribution in [-0.4, -0.2) is 58.8 Å². The Labute approximate surface area is 128 Å². The van der Waals surface area contributed by atoms with E-state index < -0.39 is 0 Å². The van der Waals surface area contributed by atoms with Crippen LogP contribution in [0.4, 0.5) is 0 Å². The van der Waals surface area contributed by atoms with Crippen LogP contribution in [0.15, 0.2) is 24.3 Å². The summed E-state index contributed by atoms with van der Waals surface area (Å²) in [4.78, 5) is 4.88. The van der Waals surface area contributed by atoms with Gasteiger partial charge in [-0.15, -0.1) is 0 Å². The van der Waals surface area contributed by atoms with E-state index in [4.69, 9.17) is 0 Å². The van der Waals surface area contributed by atoms with Gasteiger partial charge in [-0.25, -0.2) is 0 Å². The number of rotatable bonds is 6. The monoisotopic (exact) mass is 292 g/mol. The maximum atomic E-state index is 9.90. The Morgan fingerprint density at radius 3 is 2.67 bits per heavy atom.